The van der Waals surface area contributed by atoms with E-state index in [4.69, 9.17) is 5.73 Å². The highest BCUT2D eigenvalue weighted by Gasteiger charge is 2.33. The largest absolute Gasteiger partial charge is 0.398 e. The molecule has 0 amide bonds. The summed E-state index contributed by atoms with van der Waals surface area (Å²) >= 11 is 3.56. The molecule has 2 unspecified atom stereocenters. The van der Waals surface area contributed by atoms with E-state index in [-0.39, 0.29) is 0 Å². The summed E-state index contributed by atoms with van der Waals surface area (Å²) in [5, 5.41) is 0. The highest BCUT2D eigenvalue weighted by atomic mass is 79.9. The van der Waals surface area contributed by atoms with Gasteiger partial charge in [-0.15, -0.1) is 0 Å². The lowest BCUT2D eigenvalue weighted by molar-refractivity contribution is 0.307. The van der Waals surface area contributed by atoms with Gasteiger partial charge in [0.1, 0.15) is 0 Å². The first-order chi connectivity index (χ1) is 7.58. The second-order valence-electron chi connectivity index (χ2n) is 4.98. The fraction of sp³-hybridized carbons (Fsp3) is 0.538. The number of anilines is 1. The van der Waals surface area contributed by atoms with Crippen LogP contribution in [0.1, 0.15) is 18.9 Å². The van der Waals surface area contributed by atoms with Gasteiger partial charge in [0.15, 0.2) is 0 Å². The maximum atomic E-state index is 5.99. The van der Waals surface area contributed by atoms with Crippen molar-refractivity contribution in [2.45, 2.75) is 19.9 Å². The topological polar surface area (TPSA) is 29.3 Å². The van der Waals surface area contributed by atoms with E-state index >= 15 is 0 Å². The Kier molecular flexibility index (Phi) is 3.55. The Balaban J connectivity index is 1.97. The molecule has 1 saturated carbocycles. The van der Waals surface area contributed by atoms with Gasteiger partial charge in [0.05, 0.1) is 0 Å². The monoisotopic (exact) mass is 282 g/mol. The maximum absolute atomic E-state index is 5.99. The van der Waals surface area contributed by atoms with E-state index in [9.17, 15) is 0 Å². The number of benzene rings is 1. The highest BCUT2D eigenvalue weighted by molar-refractivity contribution is 9.10. The number of halogens is 1. The molecule has 88 valence electrons. The van der Waals surface area contributed by atoms with Crippen LogP contribution in [0.5, 0.6) is 0 Å². The number of nitrogens with two attached hydrogens (primary N) is 1. The molecule has 0 aliphatic heterocycles. The zero-order valence-electron chi connectivity index (χ0n) is 9.91. The quantitative estimate of drug-likeness (QED) is 0.860. The van der Waals surface area contributed by atoms with E-state index in [1.807, 2.05) is 12.1 Å². The molecule has 0 heterocycles. The van der Waals surface area contributed by atoms with Crippen LogP contribution in [0.2, 0.25) is 0 Å². The van der Waals surface area contributed by atoms with Gasteiger partial charge in [-0.2, -0.15) is 0 Å². The molecule has 0 bridgehead atoms. The molecule has 3 heteroatoms. The Morgan fingerprint density at radius 3 is 2.75 bits per heavy atom. The van der Waals surface area contributed by atoms with Crippen molar-refractivity contribution in [3.05, 3.63) is 28.2 Å². The molecule has 0 spiro atoms. The maximum Gasteiger partial charge on any atom is 0.0371 e. The van der Waals surface area contributed by atoms with Crippen LogP contribution in [0.4, 0.5) is 5.69 Å². The fourth-order valence-electron chi connectivity index (χ4n) is 2.13. The fourth-order valence-corrected chi connectivity index (χ4v) is 2.64. The van der Waals surface area contributed by atoms with Crippen molar-refractivity contribution in [3.63, 3.8) is 0 Å². The molecule has 1 aromatic carbocycles. The molecule has 0 radical (unpaired) electrons. The van der Waals surface area contributed by atoms with Crippen molar-refractivity contribution in [2.75, 3.05) is 19.3 Å². The van der Waals surface area contributed by atoms with Gasteiger partial charge in [-0.25, -0.2) is 0 Å². The summed E-state index contributed by atoms with van der Waals surface area (Å²) in [7, 11) is 2.17. The molecule has 2 nitrogen and oxygen atoms in total. The number of nitrogens with zero attached hydrogens (tertiary/aromatic N) is 1. The smallest absolute Gasteiger partial charge is 0.0371 e. The first-order valence-corrected chi connectivity index (χ1v) is 6.58. The predicted octanol–water partition coefficient (Wildman–Crippen LogP) is 3.12. The van der Waals surface area contributed by atoms with E-state index < -0.39 is 0 Å². The molecular formula is C13H19BrN2. The van der Waals surface area contributed by atoms with Crippen molar-refractivity contribution in [1.29, 1.82) is 0 Å². The van der Waals surface area contributed by atoms with Gasteiger partial charge in [-0.3, -0.25) is 0 Å². The van der Waals surface area contributed by atoms with Gasteiger partial charge in [0, 0.05) is 28.8 Å². The van der Waals surface area contributed by atoms with E-state index in [0.717, 1.165) is 28.5 Å². The van der Waals surface area contributed by atoms with Crippen LogP contribution in [0.3, 0.4) is 0 Å². The van der Waals surface area contributed by atoms with Gasteiger partial charge in [-0.05, 0) is 37.4 Å². The van der Waals surface area contributed by atoms with Gasteiger partial charge in [0.25, 0.3) is 0 Å². The van der Waals surface area contributed by atoms with Crippen LogP contribution >= 0.6 is 15.9 Å². The Morgan fingerprint density at radius 2 is 2.19 bits per heavy atom. The van der Waals surface area contributed by atoms with Crippen molar-refractivity contribution >= 4 is 21.6 Å². The molecule has 2 rings (SSSR count). The normalized spacial score (nSPS) is 23.8. The van der Waals surface area contributed by atoms with Crippen LogP contribution in [-0.2, 0) is 6.54 Å². The zero-order valence-corrected chi connectivity index (χ0v) is 11.5. The highest BCUT2D eigenvalue weighted by Crippen LogP contribution is 2.38. The molecule has 2 atom stereocenters. The van der Waals surface area contributed by atoms with Crippen molar-refractivity contribution in [1.82, 2.24) is 4.90 Å². The van der Waals surface area contributed by atoms with Crippen molar-refractivity contribution in [3.8, 4) is 0 Å². The van der Waals surface area contributed by atoms with E-state index in [1.54, 1.807) is 0 Å². The molecule has 16 heavy (non-hydrogen) atoms. The second-order valence-corrected chi connectivity index (χ2v) is 5.83. The molecule has 1 aromatic rings. The van der Waals surface area contributed by atoms with Gasteiger partial charge in [0.2, 0.25) is 0 Å². The summed E-state index contributed by atoms with van der Waals surface area (Å²) in [6, 6.07) is 6.00. The SMILES string of the molecule is CC1CC1CN(C)Cc1c(N)cccc1Br. The molecule has 2 N–H and O–H groups in total. The lowest BCUT2D eigenvalue weighted by atomic mass is 10.1. The van der Waals surface area contributed by atoms with E-state index in [0.29, 0.717) is 0 Å². The third-order valence-corrected chi connectivity index (χ3v) is 4.15. The van der Waals surface area contributed by atoms with E-state index in [2.05, 4.69) is 40.9 Å². The number of hydrogen-bond acceptors (Lipinski definition) is 2. The summed E-state index contributed by atoms with van der Waals surface area (Å²) in [4.78, 5) is 2.37. The number of nitrogen functional groups attached to an aromatic ring is 1. The lowest BCUT2D eigenvalue weighted by Gasteiger charge is -2.18. The summed E-state index contributed by atoms with van der Waals surface area (Å²) in [6.07, 6.45) is 1.38. The Labute approximate surface area is 106 Å². The van der Waals surface area contributed by atoms with E-state index in [1.165, 1.54) is 18.5 Å². The van der Waals surface area contributed by atoms with Crippen molar-refractivity contribution < 1.29 is 0 Å². The summed E-state index contributed by atoms with van der Waals surface area (Å²) < 4.78 is 1.11. The van der Waals surface area contributed by atoms with Crippen molar-refractivity contribution in [2.24, 2.45) is 11.8 Å². The van der Waals surface area contributed by atoms with Crippen LogP contribution < -0.4 is 5.73 Å². The summed E-state index contributed by atoms with van der Waals surface area (Å²) in [5.74, 6) is 1.81. The summed E-state index contributed by atoms with van der Waals surface area (Å²) in [6.45, 7) is 4.43. The molecule has 1 aliphatic carbocycles. The van der Waals surface area contributed by atoms with Crippen LogP contribution in [0.15, 0.2) is 22.7 Å². The summed E-state index contributed by atoms with van der Waals surface area (Å²) in [5.41, 5.74) is 8.07. The van der Waals surface area contributed by atoms with Gasteiger partial charge >= 0.3 is 0 Å². The Bertz CT molecular complexity index is 358. The third-order valence-electron chi connectivity index (χ3n) is 3.41. The first-order valence-electron chi connectivity index (χ1n) is 5.79. The number of rotatable bonds is 4. The van der Waals surface area contributed by atoms with Gasteiger partial charge in [-0.1, -0.05) is 28.9 Å². The zero-order chi connectivity index (χ0) is 11.7. The Hall–Kier alpha value is -0.540. The molecule has 1 aliphatic rings. The molecule has 0 saturated heterocycles. The second kappa shape index (κ2) is 4.76. The molecule has 0 aromatic heterocycles. The van der Waals surface area contributed by atoms with Crippen LogP contribution in [-0.4, -0.2) is 18.5 Å². The molecule has 1 fully saturated rings. The minimum absolute atomic E-state index is 0.880. The van der Waals surface area contributed by atoms with Crippen LogP contribution in [0.25, 0.3) is 0 Å². The third kappa shape index (κ3) is 2.77. The lowest BCUT2D eigenvalue weighted by Crippen LogP contribution is -2.21. The molecular weight excluding hydrogens is 264 g/mol. The minimum atomic E-state index is 0.880. The number of hydrogen-bond donors (Lipinski definition) is 1. The average Bonchev–Trinajstić information content (AvgIpc) is 2.88. The van der Waals surface area contributed by atoms with Crippen LogP contribution in [0, 0.1) is 11.8 Å². The standard InChI is InChI=1S/C13H19BrN2/c1-9-6-10(9)7-16(2)8-11-12(14)4-3-5-13(11)15/h3-5,9-10H,6-8,15H2,1-2H3. The minimum Gasteiger partial charge on any atom is -0.398 e. The first kappa shape index (κ1) is 11.9. The Morgan fingerprint density at radius 1 is 1.50 bits per heavy atom. The predicted molar refractivity (Wildman–Crippen MR) is 72.2 cm³/mol. The average molecular weight is 283 g/mol. The van der Waals surface area contributed by atoms with Gasteiger partial charge < -0.3 is 10.6 Å².